The van der Waals surface area contributed by atoms with Crippen molar-refractivity contribution in [3.63, 3.8) is 0 Å². The lowest BCUT2D eigenvalue weighted by Crippen LogP contribution is -2.33. The van der Waals surface area contributed by atoms with Crippen molar-refractivity contribution in [2.75, 3.05) is 18.4 Å². The summed E-state index contributed by atoms with van der Waals surface area (Å²) >= 11 is 0. The number of hydrogen-bond acceptors (Lipinski definition) is 4. The molecule has 1 heterocycles. The van der Waals surface area contributed by atoms with Gasteiger partial charge in [0.1, 0.15) is 5.82 Å². The largest absolute Gasteiger partial charge is 0.478 e. The van der Waals surface area contributed by atoms with E-state index in [9.17, 15) is 9.59 Å². The number of primary amides is 1. The number of hydrogen-bond donors (Lipinski definition) is 4. The first-order valence-corrected chi connectivity index (χ1v) is 5.98. The Balaban J connectivity index is 2.14. The standard InChI is InChI=1S/C13H14N4O3/c14-13(20)16-7-6-15-11-5-4-8-9(12(18)19)2-1-3-10(8)17-11/h1-5H,6-7H2,(H,15,17)(H,18,19)(H3,14,16,20). The molecule has 2 rings (SSSR count). The second kappa shape index (κ2) is 5.87. The van der Waals surface area contributed by atoms with Gasteiger partial charge in [-0.2, -0.15) is 0 Å². The number of fused-ring (bicyclic) bond motifs is 1. The number of carbonyl (C=O) groups excluding carboxylic acids is 1. The van der Waals surface area contributed by atoms with Crippen LogP contribution in [0.4, 0.5) is 10.6 Å². The molecule has 0 bridgehead atoms. The third-order valence-corrected chi connectivity index (χ3v) is 2.69. The highest BCUT2D eigenvalue weighted by molar-refractivity contribution is 6.02. The van der Waals surface area contributed by atoms with Crippen molar-refractivity contribution in [3.05, 3.63) is 35.9 Å². The van der Waals surface area contributed by atoms with E-state index < -0.39 is 12.0 Å². The zero-order valence-corrected chi connectivity index (χ0v) is 10.6. The Bertz CT molecular complexity index is 657. The molecule has 5 N–H and O–H groups in total. The summed E-state index contributed by atoms with van der Waals surface area (Å²) in [5.41, 5.74) is 5.76. The van der Waals surface area contributed by atoms with Crippen molar-refractivity contribution in [1.82, 2.24) is 10.3 Å². The van der Waals surface area contributed by atoms with Gasteiger partial charge in [-0.3, -0.25) is 0 Å². The van der Waals surface area contributed by atoms with Crippen molar-refractivity contribution in [3.8, 4) is 0 Å². The highest BCUT2D eigenvalue weighted by Gasteiger charge is 2.08. The molecule has 0 aliphatic rings. The SMILES string of the molecule is NC(=O)NCCNc1ccc2c(C(=O)O)cccc2n1. The molecule has 0 aliphatic heterocycles. The Morgan fingerprint density at radius 3 is 2.70 bits per heavy atom. The molecule has 0 saturated carbocycles. The van der Waals surface area contributed by atoms with Gasteiger partial charge in [0.2, 0.25) is 0 Å². The quantitative estimate of drug-likeness (QED) is 0.607. The maximum Gasteiger partial charge on any atom is 0.336 e. The average molecular weight is 274 g/mol. The van der Waals surface area contributed by atoms with Crippen LogP contribution in [-0.2, 0) is 0 Å². The van der Waals surface area contributed by atoms with E-state index in [1.54, 1.807) is 24.3 Å². The van der Waals surface area contributed by atoms with Gasteiger partial charge >= 0.3 is 12.0 Å². The van der Waals surface area contributed by atoms with E-state index in [-0.39, 0.29) is 5.56 Å². The monoisotopic (exact) mass is 274 g/mol. The molecule has 0 radical (unpaired) electrons. The number of carbonyl (C=O) groups is 2. The Labute approximate surface area is 114 Å². The predicted octanol–water partition coefficient (Wildman–Crippen LogP) is 1.01. The molecule has 1 aromatic heterocycles. The van der Waals surface area contributed by atoms with Crippen LogP contribution in [0.5, 0.6) is 0 Å². The van der Waals surface area contributed by atoms with Crippen LogP contribution in [0.15, 0.2) is 30.3 Å². The first kappa shape index (κ1) is 13.6. The van der Waals surface area contributed by atoms with Crippen LogP contribution < -0.4 is 16.4 Å². The van der Waals surface area contributed by atoms with Gasteiger partial charge in [-0.15, -0.1) is 0 Å². The van der Waals surface area contributed by atoms with Crippen molar-refractivity contribution in [1.29, 1.82) is 0 Å². The Kier molecular flexibility index (Phi) is 3.99. The Morgan fingerprint density at radius 2 is 2.00 bits per heavy atom. The van der Waals surface area contributed by atoms with Gasteiger partial charge in [-0.25, -0.2) is 14.6 Å². The van der Waals surface area contributed by atoms with Gasteiger partial charge in [-0.05, 0) is 24.3 Å². The number of carboxylic acid groups (broad SMARTS) is 1. The number of anilines is 1. The summed E-state index contributed by atoms with van der Waals surface area (Å²) in [6.45, 7) is 0.851. The van der Waals surface area contributed by atoms with Crippen molar-refractivity contribution in [2.24, 2.45) is 5.73 Å². The molecule has 104 valence electrons. The number of benzene rings is 1. The summed E-state index contributed by atoms with van der Waals surface area (Å²) in [7, 11) is 0. The van der Waals surface area contributed by atoms with Gasteiger partial charge in [0.05, 0.1) is 11.1 Å². The minimum atomic E-state index is -0.983. The van der Waals surface area contributed by atoms with Crippen LogP contribution in [0.25, 0.3) is 10.9 Å². The molecule has 0 unspecified atom stereocenters. The first-order valence-electron chi connectivity index (χ1n) is 5.98. The lowest BCUT2D eigenvalue weighted by atomic mass is 10.1. The highest BCUT2D eigenvalue weighted by atomic mass is 16.4. The van der Waals surface area contributed by atoms with Crippen LogP contribution in [0.3, 0.4) is 0 Å². The summed E-state index contributed by atoms with van der Waals surface area (Å²) in [6.07, 6.45) is 0. The molecule has 0 aliphatic carbocycles. The number of nitrogens with one attached hydrogen (secondary N) is 2. The number of amides is 2. The summed E-state index contributed by atoms with van der Waals surface area (Å²) < 4.78 is 0. The van der Waals surface area contributed by atoms with Crippen LogP contribution in [0.2, 0.25) is 0 Å². The Hall–Kier alpha value is -2.83. The number of pyridine rings is 1. The molecular formula is C13H14N4O3. The van der Waals surface area contributed by atoms with Gasteiger partial charge in [0.25, 0.3) is 0 Å². The van der Waals surface area contributed by atoms with Gasteiger partial charge in [0, 0.05) is 18.5 Å². The predicted molar refractivity (Wildman–Crippen MR) is 74.8 cm³/mol. The number of rotatable bonds is 5. The fourth-order valence-electron chi connectivity index (χ4n) is 1.82. The van der Waals surface area contributed by atoms with E-state index >= 15 is 0 Å². The summed E-state index contributed by atoms with van der Waals surface area (Å²) in [5.74, 6) is -0.380. The first-order chi connectivity index (χ1) is 9.58. The number of carboxylic acids is 1. The lowest BCUT2D eigenvalue weighted by Gasteiger charge is -2.08. The molecule has 20 heavy (non-hydrogen) atoms. The summed E-state index contributed by atoms with van der Waals surface area (Å²) in [4.78, 5) is 25.9. The van der Waals surface area contributed by atoms with E-state index in [0.29, 0.717) is 29.8 Å². The summed E-state index contributed by atoms with van der Waals surface area (Å²) in [6, 6.07) is 7.75. The smallest absolute Gasteiger partial charge is 0.336 e. The van der Waals surface area contributed by atoms with Crippen LogP contribution in [-0.4, -0.2) is 35.2 Å². The number of nitrogens with zero attached hydrogens (tertiary/aromatic N) is 1. The number of aromatic nitrogens is 1. The average Bonchev–Trinajstić information content (AvgIpc) is 2.42. The molecule has 7 nitrogen and oxygen atoms in total. The normalized spacial score (nSPS) is 10.2. The van der Waals surface area contributed by atoms with E-state index in [0.717, 1.165) is 0 Å². The molecule has 0 fully saturated rings. The van der Waals surface area contributed by atoms with Crippen LogP contribution in [0, 0.1) is 0 Å². The fourth-order valence-corrected chi connectivity index (χ4v) is 1.82. The van der Waals surface area contributed by atoms with E-state index in [1.165, 1.54) is 6.07 Å². The maximum atomic E-state index is 11.1. The van der Waals surface area contributed by atoms with Crippen LogP contribution in [0.1, 0.15) is 10.4 Å². The Morgan fingerprint density at radius 1 is 1.20 bits per heavy atom. The third-order valence-electron chi connectivity index (χ3n) is 2.69. The zero-order chi connectivity index (χ0) is 14.5. The molecule has 0 saturated heterocycles. The molecule has 1 aromatic carbocycles. The zero-order valence-electron chi connectivity index (χ0n) is 10.6. The van der Waals surface area contributed by atoms with Crippen molar-refractivity contribution in [2.45, 2.75) is 0 Å². The lowest BCUT2D eigenvalue weighted by molar-refractivity contribution is 0.0699. The maximum absolute atomic E-state index is 11.1. The second-order valence-electron chi connectivity index (χ2n) is 4.09. The minimum Gasteiger partial charge on any atom is -0.478 e. The molecule has 2 aromatic rings. The van der Waals surface area contributed by atoms with E-state index in [4.69, 9.17) is 10.8 Å². The molecule has 7 heteroatoms. The van der Waals surface area contributed by atoms with Gasteiger partial charge in [0.15, 0.2) is 0 Å². The van der Waals surface area contributed by atoms with E-state index in [1.807, 2.05) is 0 Å². The fraction of sp³-hybridized carbons (Fsp3) is 0.154. The molecular weight excluding hydrogens is 260 g/mol. The van der Waals surface area contributed by atoms with Gasteiger partial charge in [-0.1, -0.05) is 6.07 Å². The minimum absolute atomic E-state index is 0.219. The van der Waals surface area contributed by atoms with Crippen molar-refractivity contribution < 1.29 is 14.7 Å². The van der Waals surface area contributed by atoms with Gasteiger partial charge < -0.3 is 21.5 Å². The second-order valence-corrected chi connectivity index (χ2v) is 4.09. The van der Waals surface area contributed by atoms with Crippen LogP contribution >= 0.6 is 0 Å². The van der Waals surface area contributed by atoms with Crippen molar-refractivity contribution >= 4 is 28.7 Å². The number of aromatic carboxylic acids is 1. The molecule has 0 spiro atoms. The number of nitrogens with two attached hydrogens (primary N) is 1. The third kappa shape index (κ3) is 3.14. The topological polar surface area (TPSA) is 117 Å². The van der Waals surface area contributed by atoms with E-state index in [2.05, 4.69) is 15.6 Å². The molecule has 2 amide bonds. The summed E-state index contributed by atoms with van der Waals surface area (Å²) in [5, 5.41) is 15.1. The number of urea groups is 1. The highest BCUT2D eigenvalue weighted by Crippen LogP contribution is 2.19. The molecule has 0 atom stereocenters.